The molecule has 0 unspecified atom stereocenters. The number of rotatable bonds is 2. The largest absolute Gasteiger partial charge is 0.464 e. The highest BCUT2D eigenvalue weighted by Gasteiger charge is 2.25. The lowest BCUT2D eigenvalue weighted by molar-refractivity contribution is 0.0593. The van der Waals surface area contributed by atoms with Gasteiger partial charge in [0.15, 0.2) is 10.8 Å². The maximum Gasteiger partial charge on any atom is 0.357 e. The van der Waals surface area contributed by atoms with Gasteiger partial charge in [-0.15, -0.1) is 11.3 Å². The van der Waals surface area contributed by atoms with Crippen LogP contribution in [0.2, 0.25) is 0 Å². The van der Waals surface area contributed by atoms with Gasteiger partial charge in [0, 0.05) is 4.88 Å². The molecule has 0 radical (unpaired) electrons. The minimum absolute atomic E-state index is 0.364. The highest BCUT2D eigenvalue weighted by Crippen LogP contribution is 2.37. The average molecular weight is 254 g/mol. The molecule has 0 atom stereocenters. The molecule has 4 nitrogen and oxygen atoms in total. The lowest BCUT2D eigenvalue weighted by Gasteiger charge is -2.12. The molecule has 0 spiro atoms. The second-order valence-electron chi connectivity index (χ2n) is 4.45. The number of esters is 1. The summed E-state index contributed by atoms with van der Waals surface area (Å²) in [5.41, 5.74) is 6.15. The molecule has 1 heterocycles. The molecule has 1 aromatic rings. The van der Waals surface area contributed by atoms with Gasteiger partial charge in [-0.25, -0.2) is 9.78 Å². The van der Waals surface area contributed by atoms with E-state index in [4.69, 9.17) is 10.5 Å². The van der Waals surface area contributed by atoms with Gasteiger partial charge < -0.3 is 10.5 Å². The molecular weight excluding hydrogens is 236 g/mol. The number of hydrogen-bond donors (Lipinski definition) is 1. The Morgan fingerprint density at radius 2 is 2.00 bits per heavy atom. The van der Waals surface area contributed by atoms with Gasteiger partial charge in [-0.1, -0.05) is 25.7 Å². The Morgan fingerprint density at radius 3 is 2.59 bits per heavy atom. The van der Waals surface area contributed by atoms with Crippen molar-refractivity contribution in [1.82, 2.24) is 4.98 Å². The molecule has 1 aromatic heterocycles. The number of anilines is 1. The molecule has 1 saturated carbocycles. The Labute approximate surface area is 105 Å². The summed E-state index contributed by atoms with van der Waals surface area (Å²) in [6.45, 7) is 0. The SMILES string of the molecule is COC(=O)c1nc(N)sc1C1CCCCCC1. The van der Waals surface area contributed by atoms with E-state index in [0.717, 1.165) is 17.7 Å². The summed E-state index contributed by atoms with van der Waals surface area (Å²) in [7, 11) is 1.38. The van der Waals surface area contributed by atoms with Gasteiger partial charge in [0.25, 0.3) is 0 Å². The van der Waals surface area contributed by atoms with Crippen molar-refractivity contribution in [3.8, 4) is 0 Å². The summed E-state index contributed by atoms with van der Waals surface area (Å²) >= 11 is 1.44. The first-order valence-electron chi connectivity index (χ1n) is 6.07. The number of carbonyl (C=O) groups is 1. The molecule has 0 aromatic carbocycles. The molecule has 17 heavy (non-hydrogen) atoms. The van der Waals surface area contributed by atoms with Gasteiger partial charge in [-0.05, 0) is 18.8 Å². The average Bonchev–Trinajstić information content (AvgIpc) is 2.56. The summed E-state index contributed by atoms with van der Waals surface area (Å²) < 4.78 is 4.76. The molecule has 1 aliphatic carbocycles. The van der Waals surface area contributed by atoms with Crippen molar-refractivity contribution in [3.63, 3.8) is 0 Å². The molecule has 1 aliphatic rings. The minimum atomic E-state index is -0.364. The Balaban J connectivity index is 2.26. The van der Waals surface area contributed by atoms with E-state index in [1.807, 2.05) is 0 Å². The van der Waals surface area contributed by atoms with Gasteiger partial charge in [0.05, 0.1) is 7.11 Å². The zero-order valence-electron chi connectivity index (χ0n) is 10.1. The van der Waals surface area contributed by atoms with Crippen molar-refractivity contribution in [2.75, 3.05) is 12.8 Å². The monoisotopic (exact) mass is 254 g/mol. The van der Waals surface area contributed by atoms with Crippen LogP contribution in [0.15, 0.2) is 0 Å². The Morgan fingerprint density at radius 1 is 1.35 bits per heavy atom. The van der Waals surface area contributed by atoms with Gasteiger partial charge in [-0.2, -0.15) is 0 Å². The maximum atomic E-state index is 11.6. The number of nitrogens with zero attached hydrogens (tertiary/aromatic N) is 1. The van der Waals surface area contributed by atoms with Gasteiger partial charge in [0.2, 0.25) is 0 Å². The predicted octanol–water partition coefficient (Wildman–Crippen LogP) is 2.95. The van der Waals surface area contributed by atoms with Crippen LogP contribution in [0.25, 0.3) is 0 Å². The van der Waals surface area contributed by atoms with Crippen LogP contribution in [-0.4, -0.2) is 18.1 Å². The molecule has 0 saturated heterocycles. The molecular formula is C12H18N2O2S. The van der Waals surface area contributed by atoms with Gasteiger partial charge in [0.1, 0.15) is 0 Å². The third kappa shape index (κ3) is 2.77. The van der Waals surface area contributed by atoms with Crippen molar-refractivity contribution in [1.29, 1.82) is 0 Å². The van der Waals surface area contributed by atoms with Crippen LogP contribution in [0.3, 0.4) is 0 Å². The molecule has 1 fully saturated rings. The predicted molar refractivity (Wildman–Crippen MR) is 68.3 cm³/mol. The lowest BCUT2D eigenvalue weighted by atomic mass is 9.97. The fourth-order valence-electron chi connectivity index (χ4n) is 2.41. The quantitative estimate of drug-likeness (QED) is 0.651. The summed E-state index contributed by atoms with van der Waals surface area (Å²) in [6, 6.07) is 0. The first-order chi connectivity index (χ1) is 8.22. The van der Waals surface area contributed by atoms with E-state index in [1.54, 1.807) is 0 Å². The van der Waals surface area contributed by atoms with E-state index in [2.05, 4.69) is 4.98 Å². The van der Waals surface area contributed by atoms with Crippen molar-refractivity contribution >= 4 is 22.4 Å². The fraction of sp³-hybridized carbons (Fsp3) is 0.667. The van der Waals surface area contributed by atoms with Crippen LogP contribution in [0, 0.1) is 0 Å². The van der Waals surface area contributed by atoms with Crippen molar-refractivity contribution in [2.24, 2.45) is 0 Å². The first-order valence-corrected chi connectivity index (χ1v) is 6.88. The number of aromatic nitrogens is 1. The zero-order valence-corrected chi connectivity index (χ0v) is 10.9. The van der Waals surface area contributed by atoms with Gasteiger partial charge in [-0.3, -0.25) is 0 Å². The van der Waals surface area contributed by atoms with E-state index in [0.29, 0.717) is 16.7 Å². The minimum Gasteiger partial charge on any atom is -0.464 e. The third-order valence-corrected chi connectivity index (χ3v) is 4.32. The number of nitrogen functional groups attached to an aromatic ring is 1. The van der Waals surface area contributed by atoms with E-state index in [-0.39, 0.29) is 5.97 Å². The molecule has 0 bridgehead atoms. The summed E-state index contributed by atoms with van der Waals surface area (Å²) in [4.78, 5) is 16.8. The van der Waals surface area contributed by atoms with Crippen LogP contribution in [-0.2, 0) is 4.74 Å². The standard InChI is InChI=1S/C12H18N2O2S/c1-16-11(15)9-10(17-12(13)14-9)8-6-4-2-3-5-7-8/h8H,2-7H2,1H3,(H2,13,14). The summed E-state index contributed by atoms with van der Waals surface area (Å²) in [6.07, 6.45) is 7.29. The smallest absolute Gasteiger partial charge is 0.357 e. The lowest BCUT2D eigenvalue weighted by Crippen LogP contribution is -2.08. The van der Waals surface area contributed by atoms with Crippen LogP contribution in [0.1, 0.15) is 59.8 Å². The van der Waals surface area contributed by atoms with Crippen molar-refractivity contribution in [2.45, 2.75) is 44.4 Å². The number of hydrogen-bond acceptors (Lipinski definition) is 5. The van der Waals surface area contributed by atoms with Gasteiger partial charge >= 0.3 is 5.97 Å². The third-order valence-electron chi connectivity index (χ3n) is 3.27. The highest BCUT2D eigenvalue weighted by atomic mass is 32.1. The molecule has 2 N–H and O–H groups in total. The van der Waals surface area contributed by atoms with Crippen LogP contribution in [0.5, 0.6) is 0 Å². The molecule has 94 valence electrons. The topological polar surface area (TPSA) is 65.2 Å². The Hall–Kier alpha value is -1.10. The number of carbonyl (C=O) groups excluding carboxylic acids is 1. The van der Waals surface area contributed by atoms with E-state index in [9.17, 15) is 4.79 Å². The maximum absolute atomic E-state index is 11.6. The number of nitrogens with two attached hydrogens (primary N) is 1. The van der Waals surface area contributed by atoms with Crippen molar-refractivity contribution in [3.05, 3.63) is 10.6 Å². The Kier molecular flexibility index (Phi) is 3.99. The van der Waals surface area contributed by atoms with E-state index in [1.165, 1.54) is 44.1 Å². The summed E-state index contributed by atoms with van der Waals surface area (Å²) in [5, 5.41) is 0.463. The number of methoxy groups -OCH3 is 1. The van der Waals surface area contributed by atoms with Crippen LogP contribution in [0.4, 0.5) is 5.13 Å². The first kappa shape index (κ1) is 12.4. The summed E-state index contributed by atoms with van der Waals surface area (Å²) in [5.74, 6) is 0.0681. The second kappa shape index (κ2) is 5.49. The highest BCUT2D eigenvalue weighted by molar-refractivity contribution is 7.15. The molecule has 5 heteroatoms. The van der Waals surface area contributed by atoms with Crippen LogP contribution >= 0.6 is 11.3 Å². The second-order valence-corrected chi connectivity index (χ2v) is 5.51. The number of ether oxygens (including phenoxy) is 1. The molecule has 0 aliphatic heterocycles. The Bertz CT molecular complexity index is 395. The molecule has 0 amide bonds. The van der Waals surface area contributed by atoms with Crippen molar-refractivity contribution < 1.29 is 9.53 Å². The normalized spacial score (nSPS) is 17.7. The zero-order chi connectivity index (χ0) is 12.3. The fourth-order valence-corrected chi connectivity index (χ4v) is 3.40. The van der Waals surface area contributed by atoms with E-state index >= 15 is 0 Å². The number of thiazole rings is 1. The van der Waals surface area contributed by atoms with Crippen LogP contribution < -0.4 is 5.73 Å². The molecule has 2 rings (SSSR count). The van der Waals surface area contributed by atoms with E-state index < -0.39 is 0 Å².